The van der Waals surface area contributed by atoms with Gasteiger partial charge in [0, 0.05) is 13.2 Å². The maximum Gasteiger partial charge on any atom is 0.237 e. The summed E-state index contributed by atoms with van der Waals surface area (Å²) in [5, 5.41) is 2.99. The minimum absolute atomic E-state index is 0.645. The lowest BCUT2D eigenvalue weighted by Gasteiger charge is -2.06. The number of nitrogens with zero attached hydrogens (tertiary/aromatic N) is 1. The summed E-state index contributed by atoms with van der Waals surface area (Å²) in [6, 6.07) is 3.80. The molecule has 0 spiro atoms. The van der Waals surface area contributed by atoms with Gasteiger partial charge in [-0.15, -0.1) is 0 Å². The van der Waals surface area contributed by atoms with Crippen LogP contribution in [-0.2, 0) is 0 Å². The van der Waals surface area contributed by atoms with Crippen LogP contribution in [-0.4, -0.2) is 18.6 Å². The highest BCUT2D eigenvalue weighted by molar-refractivity contribution is 5.51. The quantitative estimate of drug-likeness (QED) is 0.713. The van der Waals surface area contributed by atoms with E-state index in [-0.39, 0.29) is 0 Å². The minimum atomic E-state index is 0.645. The van der Waals surface area contributed by atoms with E-state index in [1.54, 1.807) is 6.20 Å². The van der Waals surface area contributed by atoms with Crippen molar-refractivity contribution in [2.45, 2.75) is 6.92 Å². The zero-order chi connectivity index (χ0) is 8.10. The van der Waals surface area contributed by atoms with Gasteiger partial charge in [-0.3, -0.25) is 0 Å². The molecule has 0 aliphatic rings. The van der Waals surface area contributed by atoms with E-state index in [1.807, 2.05) is 26.1 Å². The van der Waals surface area contributed by atoms with Gasteiger partial charge in [0.1, 0.15) is 0 Å². The third-order valence-electron chi connectivity index (χ3n) is 1.32. The molecule has 0 aliphatic heterocycles. The molecule has 0 aromatic carbocycles. The van der Waals surface area contributed by atoms with E-state index in [2.05, 4.69) is 10.3 Å². The molecule has 1 heterocycles. The number of pyridine rings is 1. The highest BCUT2D eigenvalue weighted by Gasteiger charge is 1.98. The fraction of sp³-hybridized carbons (Fsp3) is 0.375. The van der Waals surface area contributed by atoms with Gasteiger partial charge < -0.3 is 10.1 Å². The summed E-state index contributed by atoms with van der Waals surface area (Å²) in [6.07, 6.45) is 1.71. The number of nitrogens with one attached hydrogen (secondary N) is 1. The highest BCUT2D eigenvalue weighted by atomic mass is 16.5. The third-order valence-corrected chi connectivity index (χ3v) is 1.32. The average Bonchev–Trinajstić information content (AvgIpc) is 2.06. The van der Waals surface area contributed by atoms with Gasteiger partial charge in [-0.1, -0.05) is 0 Å². The Morgan fingerprint density at radius 3 is 3.09 bits per heavy atom. The fourth-order valence-electron chi connectivity index (χ4n) is 0.833. The highest BCUT2D eigenvalue weighted by Crippen LogP contribution is 2.18. The normalized spacial score (nSPS) is 9.27. The molecule has 3 heteroatoms. The van der Waals surface area contributed by atoms with Crippen molar-refractivity contribution in [3.63, 3.8) is 0 Å². The zero-order valence-electron chi connectivity index (χ0n) is 6.79. The van der Waals surface area contributed by atoms with Crippen LogP contribution < -0.4 is 10.1 Å². The molecule has 0 atom stereocenters. The molecule has 0 unspecified atom stereocenters. The first-order chi connectivity index (χ1) is 5.38. The van der Waals surface area contributed by atoms with Crippen molar-refractivity contribution in [1.82, 2.24) is 4.98 Å². The van der Waals surface area contributed by atoms with Crippen molar-refractivity contribution in [3.8, 4) is 5.88 Å². The number of anilines is 1. The van der Waals surface area contributed by atoms with E-state index < -0.39 is 0 Å². The van der Waals surface area contributed by atoms with Gasteiger partial charge in [0.25, 0.3) is 0 Å². The van der Waals surface area contributed by atoms with Crippen LogP contribution in [0.4, 0.5) is 5.69 Å². The Labute approximate surface area is 66.4 Å². The molecule has 11 heavy (non-hydrogen) atoms. The Morgan fingerprint density at radius 1 is 1.64 bits per heavy atom. The largest absolute Gasteiger partial charge is 0.476 e. The number of ether oxygens (including phenoxy) is 1. The molecular weight excluding hydrogens is 140 g/mol. The van der Waals surface area contributed by atoms with E-state index in [0.29, 0.717) is 12.5 Å². The van der Waals surface area contributed by atoms with Gasteiger partial charge in [0.2, 0.25) is 5.88 Å². The first-order valence-corrected chi connectivity index (χ1v) is 3.64. The standard InChI is InChI=1S/C8H12N2O/c1-3-11-8-7(9-2)5-4-6-10-8/h4-6,9H,3H2,1-2H3. The maximum absolute atomic E-state index is 5.25. The van der Waals surface area contributed by atoms with Crippen LogP contribution in [0.2, 0.25) is 0 Å². The summed E-state index contributed by atoms with van der Waals surface area (Å²) in [4.78, 5) is 4.05. The second kappa shape index (κ2) is 3.81. The lowest BCUT2D eigenvalue weighted by atomic mass is 10.4. The van der Waals surface area contributed by atoms with Crippen molar-refractivity contribution in [2.75, 3.05) is 19.0 Å². The molecule has 0 saturated carbocycles. The van der Waals surface area contributed by atoms with Crippen LogP contribution in [0.15, 0.2) is 18.3 Å². The summed E-state index contributed by atoms with van der Waals surface area (Å²) in [5.41, 5.74) is 0.925. The number of hydrogen-bond donors (Lipinski definition) is 1. The molecule has 3 nitrogen and oxygen atoms in total. The van der Waals surface area contributed by atoms with Gasteiger partial charge in [-0.25, -0.2) is 4.98 Å². The summed E-state index contributed by atoms with van der Waals surface area (Å²) in [7, 11) is 1.85. The molecule has 1 N–H and O–H groups in total. The van der Waals surface area contributed by atoms with E-state index in [1.165, 1.54) is 0 Å². The molecule has 60 valence electrons. The van der Waals surface area contributed by atoms with Gasteiger partial charge in [-0.05, 0) is 19.1 Å². The van der Waals surface area contributed by atoms with E-state index >= 15 is 0 Å². The molecule has 0 aliphatic carbocycles. The Kier molecular flexibility index (Phi) is 2.72. The van der Waals surface area contributed by atoms with Crippen molar-refractivity contribution in [3.05, 3.63) is 18.3 Å². The van der Waals surface area contributed by atoms with Gasteiger partial charge in [-0.2, -0.15) is 0 Å². The van der Waals surface area contributed by atoms with Crippen molar-refractivity contribution < 1.29 is 4.74 Å². The third kappa shape index (κ3) is 1.83. The van der Waals surface area contributed by atoms with Crippen LogP contribution in [0.1, 0.15) is 6.92 Å². The molecule has 1 aromatic rings. The average molecular weight is 152 g/mol. The van der Waals surface area contributed by atoms with Crippen LogP contribution in [0.5, 0.6) is 5.88 Å². The molecule has 0 saturated heterocycles. The molecule has 0 amide bonds. The van der Waals surface area contributed by atoms with Crippen LogP contribution in [0.3, 0.4) is 0 Å². The summed E-state index contributed by atoms with van der Waals surface area (Å²) in [5.74, 6) is 0.664. The Morgan fingerprint density at radius 2 is 2.45 bits per heavy atom. The summed E-state index contributed by atoms with van der Waals surface area (Å²) in [6.45, 7) is 2.58. The number of hydrogen-bond acceptors (Lipinski definition) is 3. The molecule has 0 bridgehead atoms. The predicted octanol–water partition coefficient (Wildman–Crippen LogP) is 1.52. The monoisotopic (exact) mass is 152 g/mol. The number of rotatable bonds is 3. The summed E-state index contributed by atoms with van der Waals surface area (Å²) >= 11 is 0. The molecule has 0 fully saturated rings. The topological polar surface area (TPSA) is 34.1 Å². The molecule has 1 rings (SSSR count). The zero-order valence-corrected chi connectivity index (χ0v) is 6.79. The van der Waals surface area contributed by atoms with Crippen molar-refractivity contribution in [1.29, 1.82) is 0 Å². The second-order valence-corrected chi connectivity index (χ2v) is 2.04. The SMILES string of the molecule is CCOc1ncccc1NC. The fourth-order valence-corrected chi connectivity index (χ4v) is 0.833. The summed E-state index contributed by atoms with van der Waals surface area (Å²) < 4.78 is 5.25. The van der Waals surface area contributed by atoms with Gasteiger partial charge in [0.05, 0.1) is 12.3 Å². The molecule has 0 radical (unpaired) electrons. The molecular formula is C8H12N2O. The molecule has 1 aromatic heterocycles. The maximum atomic E-state index is 5.25. The van der Waals surface area contributed by atoms with Crippen LogP contribution in [0.25, 0.3) is 0 Å². The predicted molar refractivity (Wildman–Crippen MR) is 45.0 cm³/mol. The van der Waals surface area contributed by atoms with E-state index in [4.69, 9.17) is 4.74 Å². The Hall–Kier alpha value is -1.25. The van der Waals surface area contributed by atoms with Crippen molar-refractivity contribution in [2.24, 2.45) is 0 Å². The van der Waals surface area contributed by atoms with Gasteiger partial charge in [0.15, 0.2) is 0 Å². The van der Waals surface area contributed by atoms with Crippen LogP contribution in [0, 0.1) is 0 Å². The van der Waals surface area contributed by atoms with Gasteiger partial charge >= 0.3 is 0 Å². The Balaban J connectivity index is 2.83. The second-order valence-electron chi connectivity index (χ2n) is 2.04. The van der Waals surface area contributed by atoms with Crippen LogP contribution >= 0.6 is 0 Å². The number of aromatic nitrogens is 1. The Bertz CT molecular complexity index is 225. The lowest BCUT2D eigenvalue weighted by Crippen LogP contribution is -1.98. The lowest BCUT2D eigenvalue weighted by molar-refractivity contribution is 0.328. The first-order valence-electron chi connectivity index (χ1n) is 3.64. The van der Waals surface area contributed by atoms with E-state index in [9.17, 15) is 0 Å². The van der Waals surface area contributed by atoms with E-state index in [0.717, 1.165) is 5.69 Å². The minimum Gasteiger partial charge on any atom is -0.476 e. The first kappa shape index (κ1) is 7.85. The van der Waals surface area contributed by atoms with Crippen molar-refractivity contribution >= 4 is 5.69 Å². The smallest absolute Gasteiger partial charge is 0.237 e.